The minimum atomic E-state index is -0.191. The number of rotatable bonds is 7. The van der Waals surface area contributed by atoms with E-state index >= 15 is 0 Å². The number of nitrogen functional groups attached to an aromatic ring is 1. The first kappa shape index (κ1) is 21.0. The van der Waals surface area contributed by atoms with Gasteiger partial charge in [0.2, 0.25) is 0 Å². The molecule has 3 heterocycles. The van der Waals surface area contributed by atoms with E-state index in [-0.39, 0.29) is 29.2 Å². The summed E-state index contributed by atoms with van der Waals surface area (Å²) in [6.07, 6.45) is 3.33. The van der Waals surface area contributed by atoms with Crippen LogP contribution in [0.1, 0.15) is 36.5 Å². The fourth-order valence-corrected chi connectivity index (χ4v) is 3.89. The first-order valence-corrected chi connectivity index (χ1v) is 10.2. The van der Waals surface area contributed by atoms with E-state index in [4.69, 9.17) is 10.5 Å². The van der Waals surface area contributed by atoms with Crippen LogP contribution in [0, 0.1) is 5.92 Å². The maximum Gasteiger partial charge on any atom is 0.265 e. The van der Waals surface area contributed by atoms with E-state index in [1.54, 1.807) is 36.0 Å². The predicted octanol–water partition coefficient (Wildman–Crippen LogP) is 2.37. The van der Waals surface area contributed by atoms with Crippen LogP contribution >= 0.6 is 11.3 Å². The Bertz CT molecular complexity index is 1080. The van der Waals surface area contributed by atoms with E-state index in [1.165, 1.54) is 11.3 Å². The Morgan fingerprint density at radius 3 is 2.79 bits per heavy atom. The van der Waals surface area contributed by atoms with Gasteiger partial charge < -0.3 is 19.9 Å². The lowest BCUT2D eigenvalue weighted by molar-refractivity contribution is 0.0748. The number of carbonyl (C=O) groups excluding carboxylic acids is 1. The van der Waals surface area contributed by atoms with Crippen LogP contribution in [0.2, 0.25) is 0 Å². The number of hydrogen-bond acceptors (Lipinski definition) is 7. The van der Waals surface area contributed by atoms with E-state index < -0.39 is 0 Å². The summed E-state index contributed by atoms with van der Waals surface area (Å²) < 4.78 is 6.70. The highest BCUT2D eigenvalue weighted by molar-refractivity contribution is 7.17. The molecule has 0 fully saturated rings. The molecule has 0 saturated carbocycles. The first-order valence-electron chi connectivity index (χ1n) is 9.35. The smallest absolute Gasteiger partial charge is 0.265 e. The summed E-state index contributed by atoms with van der Waals surface area (Å²) in [6, 6.07) is -0.0406. The highest BCUT2D eigenvalue weighted by Gasteiger charge is 2.22. The van der Waals surface area contributed by atoms with Gasteiger partial charge in [0.05, 0.1) is 23.9 Å². The molecule has 156 valence electrons. The van der Waals surface area contributed by atoms with Crippen molar-refractivity contribution in [2.75, 3.05) is 33.0 Å². The lowest BCUT2D eigenvalue weighted by Gasteiger charge is -2.20. The van der Waals surface area contributed by atoms with Gasteiger partial charge in [0.15, 0.2) is 5.82 Å². The van der Waals surface area contributed by atoms with Crippen molar-refractivity contribution in [1.29, 1.82) is 0 Å². The van der Waals surface area contributed by atoms with Gasteiger partial charge in [0.1, 0.15) is 15.3 Å². The van der Waals surface area contributed by atoms with Gasteiger partial charge in [-0.25, -0.2) is 4.98 Å². The number of anilines is 1. The van der Waals surface area contributed by atoms with Gasteiger partial charge in [-0.05, 0) is 12.8 Å². The molecule has 0 aliphatic rings. The van der Waals surface area contributed by atoms with Crippen LogP contribution < -0.4 is 11.3 Å². The van der Waals surface area contributed by atoms with Crippen LogP contribution in [0.5, 0.6) is 0 Å². The van der Waals surface area contributed by atoms with E-state index in [9.17, 15) is 9.59 Å². The van der Waals surface area contributed by atoms with Crippen LogP contribution in [-0.2, 0) is 4.74 Å². The molecule has 0 aliphatic heterocycles. The minimum Gasteiger partial charge on any atom is -0.383 e. The molecular formula is C19H26N6O3S. The molecule has 3 aromatic heterocycles. The molecule has 3 rings (SSSR count). The molecule has 0 bridgehead atoms. The SMILES string of the molecule is COCCN(C)C(=O)c1cnc(-c2cn([C@@H](C)C(C)C)c(=O)c3c(N)n[nH]c23)s1. The number of ether oxygens (including phenoxy) is 1. The van der Waals surface area contributed by atoms with Crippen molar-refractivity contribution in [1.82, 2.24) is 24.6 Å². The van der Waals surface area contributed by atoms with Crippen LogP contribution in [0.25, 0.3) is 21.5 Å². The fourth-order valence-electron chi connectivity index (χ4n) is 2.96. The minimum absolute atomic E-state index is 0.0406. The summed E-state index contributed by atoms with van der Waals surface area (Å²) in [5.74, 6) is 0.271. The number of nitrogens with zero attached hydrogens (tertiary/aromatic N) is 4. The zero-order valence-corrected chi connectivity index (χ0v) is 18.0. The molecule has 0 saturated heterocycles. The topological polar surface area (TPSA) is 119 Å². The molecule has 0 radical (unpaired) electrons. The molecular weight excluding hydrogens is 392 g/mol. The lowest BCUT2D eigenvalue weighted by Crippen LogP contribution is -2.29. The highest BCUT2D eigenvalue weighted by Crippen LogP contribution is 2.32. The summed E-state index contributed by atoms with van der Waals surface area (Å²) in [7, 11) is 3.32. The fraction of sp³-hybridized carbons (Fsp3) is 0.474. The van der Waals surface area contributed by atoms with Gasteiger partial charge >= 0.3 is 0 Å². The Morgan fingerprint density at radius 2 is 2.14 bits per heavy atom. The lowest BCUT2D eigenvalue weighted by atomic mass is 10.1. The second kappa shape index (κ2) is 8.34. The van der Waals surface area contributed by atoms with E-state index in [0.717, 1.165) is 0 Å². The third-order valence-corrected chi connectivity index (χ3v) is 6.13. The van der Waals surface area contributed by atoms with Gasteiger partial charge in [-0.15, -0.1) is 11.3 Å². The van der Waals surface area contributed by atoms with Crippen LogP contribution in [0.15, 0.2) is 17.2 Å². The summed E-state index contributed by atoms with van der Waals surface area (Å²) >= 11 is 1.27. The van der Waals surface area contributed by atoms with Crippen molar-refractivity contribution in [3.63, 3.8) is 0 Å². The number of fused-ring (bicyclic) bond motifs is 1. The normalized spacial score (nSPS) is 12.6. The number of methoxy groups -OCH3 is 1. The van der Waals surface area contributed by atoms with Gasteiger partial charge in [-0.3, -0.25) is 14.7 Å². The number of aromatic nitrogens is 4. The number of amides is 1. The summed E-state index contributed by atoms with van der Waals surface area (Å²) in [6.45, 7) is 7.03. The standard InChI is InChI=1S/C19H26N6O3S/c1-10(2)11(3)25-9-12(15-14(19(25)27)16(20)23-22-15)17-21-8-13(29-17)18(26)24(4)6-7-28-5/h8-11H,6-7H2,1-5H3,(H3,20,22,23)/t11-/m0/s1. The zero-order valence-electron chi connectivity index (χ0n) is 17.2. The molecule has 0 aliphatic carbocycles. The number of nitrogens with two attached hydrogens (primary N) is 1. The third-order valence-electron chi connectivity index (χ3n) is 5.11. The van der Waals surface area contributed by atoms with Crippen molar-refractivity contribution >= 4 is 34.0 Å². The highest BCUT2D eigenvalue weighted by atomic mass is 32.1. The Labute approximate surface area is 172 Å². The monoisotopic (exact) mass is 418 g/mol. The number of pyridine rings is 1. The average Bonchev–Trinajstić information content (AvgIpc) is 3.33. The molecule has 9 nitrogen and oxygen atoms in total. The Morgan fingerprint density at radius 1 is 1.41 bits per heavy atom. The number of aromatic amines is 1. The summed E-state index contributed by atoms with van der Waals surface area (Å²) in [5, 5.41) is 7.83. The van der Waals surface area contributed by atoms with Crippen LogP contribution in [0.3, 0.4) is 0 Å². The van der Waals surface area contributed by atoms with E-state index in [0.29, 0.717) is 39.5 Å². The molecule has 0 aromatic carbocycles. The molecule has 0 unspecified atom stereocenters. The number of carbonyl (C=O) groups is 1. The molecule has 29 heavy (non-hydrogen) atoms. The number of hydrogen-bond donors (Lipinski definition) is 2. The second-order valence-electron chi connectivity index (χ2n) is 7.35. The maximum absolute atomic E-state index is 13.0. The third kappa shape index (κ3) is 3.90. The van der Waals surface area contributed by atoms with Gasteiger partial charge in [-0.1, -0.05) is 13.8 Å². The molecule has 10 heteroatoms. The second-order valence-corrected chi connectivity index (χ2v) is 8.38. The van der Waals surface area contributed by atoms with Gasteiger partial charge in [0.25, 0.3) is 11.5 Å². The summed E-state index contributed by atoms with van der Waals surface area (Å²) in [5.41, 5.74) is 7.00. The van der Waals surface area contributed by atoms with Gasteiger partial charge in [-0.2, -0.15) is 5.10 Å². The molecule has 3 N–H and O–H groups in total. The first-order chi connectivity index (χ1) is 13.8. The van der Waals surface area contributed by atoms with Crippen molar-refractivity contribution in [2.45, 2.75) is 26.8 Å². The molecule has 3 aromatic rings. The van der Waals surface area contributed by atoms with Crippen molar-refractivity contribution in [3.8, 4) is 10.6 Å². The Balaban J connectivity index is 2.09. The number of nitrogens with one attached hydrogen (secondary N) is 1. The number of likely N-dealkylation sites (N-methyl/N-ethyl adjacent to an activating group) is 1. The largest absolute Gasteiger partial charge is 0.383 e. The van der Waals surface area contributed by atoms with Crippen molar-refractivity contribution < 1.29 is 9.53 Å². The van der Waals surface area contributed by atoms with Crippen LogP contribution in [-0.4, -0.2) is 57.9 Å². The van der Waals surface area contributed by atoms with Crippen LogP contribution in [0.4, 0.5) is 5.82 Å². The number of thiazole rings is 1. The summed E-state index contributed by atoms with van der Waals surface area (Å²) in [4.78, 5) is 32.1. The quantitative estimate of drug-likeness (QED) is 0.608. The van der Waals surface area contributed by atoms with E-state index in [1.807, 2.05) is 6.92 Å². The Kier molecular flexibility index (Phi) is 6.04. The zero-order chi connectivity index (χ0) is 21.3. The molecule has 1 amide bonds. The van der Waals surface area contributed by atoms with Crippen molar-refractivity contribution in [3.05, 3.63) is 27.6 Å². The van der Waals surface area contributed by atoms with Gasteiger partial charge in [0, 0.05) is 32.9 Å². The average molecular weight is 419 g/mol. The van der Waals surface area contributed by atoms with Crippen molar-refractivity contribution in [2.24, 2.45) is 5.92 Å². The number of H-pyrrole nitrogens is 1. The maximum atomic E-state index is 13.0. The Hall–Kier alpha value is -2.72. The molecule has 0 spiro atoms. The molecule has 1 atom stereocenters. The predicted molar refractivity (Wildman–Crippen MR) is 114 cm³/mol. The van der Waals surface area contributed by atoms with E-state index in [2.05, 4.69) is 29.0 Å².